The fraction of sp³-hybridized carbons (Fsp3) is 0.529. The summed E-state index contributed by atoms with van der Waals surface area (Å²) < 4.78 is 4.60. The first-order valence-corrected chi connectivity index (χ1v) is 8.40. The van der Waals surface area contributed by atoms with Crippen molar-refractivity contribution in [1.29, 1.82) is 0 Å². The lowest BCUT2D eigenvalue weighted by atomic mass is 10.0. The van der Waals surface area contributed by atoms with E-state index in [2.05, 4.69) is 15.0 Å². The predicted molar refractivity (Wildman–Crippen MR) is 89.5 cm³/mol. The number of hydrogen-bond donors (Lipinski definition) is 1. The molecular formula is C17H21N3O5. The molecule has 1 aromatic carbocycles. The van der Waals surface area contributed by atoms with Gasteiger partial charge in [0, 0.05) is 42.9 Å². The number of likely N-dealkylation sites (tertiary alicyclic amines) is 1. The fourth-order valence-electron chi connectivity index (χ4n) is 3.20. The highest BCUT2D eigenvalue weighted by molar-refractivity contribution is 5.99. The fourth-order valence-corrected chi connectivity index (χ4v) is 3.20. The quantitative estimate of drug-likeness (QED) is 0.494. The van der Waals surface area contributed by atoms with Crippen LogP contribution < -0.4 is 5.32 Å². The maximum absolute atomic E-state index is 12.5. The van der Waals surface area contributed by atoms with E-state index in [-0.39, 0.29) is 22.9 Å². The topological polar surface area (TPSA) is 102 Å². The Kier molecular flexibility index (Phi) is 4.98. The van der Waals surface area contributed by atoms with Crippen molar-refractivity contribution in [2.75, 3.05) is 20.2 Å². The molecule has 0 atom stereocenters. The molecule has 1 saturated carbocycles. The maximum Gasteiger partial charge on any atom is 0.338 e. The second-order valence-corrected chi connectivity index (χ2v) is 6.53. The van der Waals surface area contributed by atoms with Gasteiger partial charge in [0.15, 0.2) is 0 Å². The molecular weight excluding hydrogens is 326 g/mol. The van der Waals surface area contributed by atoms with Crippen molar-refractivity contribution in [2.45, 2.75) is 37.8 Å². The molecule has 1 aliphatic carbocycles. The Morgan fingerprint density at radius 2 is 1.80 bits per heavy atom. The van der Waals surface area contributed by atoms with Gasteiger partial charge in [-0.1, -0.05) is 0 Å². The van der Waals surface area contributed by atoms with Crippen molar-refractivity contribution in [3.8, 4) is 0 Å². The highest BCUT2D eigenvalue weighted by Crippen LogP contribution is 2.29. The van der Waals surface area contributed by atoms with Crippen LogP contribution in [0.2, 0.25) is 0 Å². The molecule has 2 aliphatic rings. The summed E-state index contributed by atoms with van der Waals surface area (Å²) in [6.45, 7) is 1.91. The number of nitrogens with one attached hydrogen (secondary N) is 1. The molecule has 1 saturated heterocycles. The first-order chi connectivity index (χ1) is 12.0. The van der Waals surface area contributed by atoms with Gasteiger partial charge in [-0.2, -0.15) is 0 Å². The summed E-state index contributed by atoms with van der Waals surface area (Å²) in [5, 5.41) is 14.0. The number of methoxy groups -OCH3 is 1. The molecule has 1 heterocycles. The molecule has 1 aromatic rings. The summed E-state index contributed by atoms with van der Waals surface area (Å²) in [5.41, 5.74) is -0.221. The molecule has 8 heteroatoms. The van der Waals surface area contributed by atoms with Crippen molar-refractivity contribution >= 4 is 17.6 Å². The van der Waals surface area contributed by atoms with Crippen molar-refractivity contribution in [1.82, 2.24) is 10.2 Å². The van der Waals surface area contributed by atoms with Crippen LogP contribution in [0.15, 0.2) is 18.2 Å². The third-order valence-electron chi connectivity index (χ3n) is 4.74. The minimum absolute atomic E-state index is 0.00889. The first-order valence-electron chi connectivity index (χ1n) is 8.40. The zero-order valence-electron chi connectivity index (χ0n) is 14.1. The Balaban J connectivity index is 1.69. The molecule has 1 aliphatic heterocycles. The van der Waals surface area contributed by atoms with Crippen LogP contribution in [0.3, 0.4) is 0 Å². The van der Waals surface area contributed by atoms with Gasteiger partial charge in [-0.05, 0) is 31.7 Å². The number of hydrogen-bond acceptors (Lipinski definition) is 6. The summed E-state index contributed by atoms with van der Waals surface area (Å²) in [4.78, 5) is 37.0. The predicted octanol–water partition coefficient (Wildman–Crippen LogP) is 1.74. The zero-order valence-corrected chi connectivity index (χ0v) is 14.1. The van der Waals surface area contributed by atoms with E-state index in [0.717, 1.165) is 38.0 Å². The number of non-ortho nitro benzene ring substituents is 1. The monoisotopic (exact) mass is 347 g/mol. The number of esters is 1. The molecule has 25 heavy (non-hydrogen) atoms. The average molecular weight is 347 g/mol. The minimum Gasteiger partial charge on any atom is -0.465 e. The SMILES string of the molecule is COC(=O)c1cc(C(=O)NC2CCN(C3CC3)CC2)cc([N+](=O)[O-])c1. The van der Waals surface area contributed by atoms with Crippen LogP contribution in [-0.2, 0) is 4.74 Å². The van der Waals surface area contributed by atoms with Crippen LogP contribution in [0, 0.1) is 10.1 Å². The highest BCUT2D eigenvalue weighted by atomic mass is 16.6. The van der Waals surface area contributed by atoms with E-state index < -0.39 is 16.8 Å². The Morgan fingerprint density at radius 3 is 2.36 bits per heavy atom. The largest absolute Gasteiger partial charge is 0.465 e. The van der Waals surface area contributed by atoms with Crippen LogP contribution in [0.1, 0.15) is 46.4 Å². The third kappa shape index (κ3) is 4.14. The number of nitrogens with zero attached hydrogens (tertiary/aromatic N) is 2. The number of benzene rings is 1. The van der Waals surface area contributed by atoms with Crippen LogP contribution >= 0.6 is 0 Å². The average Bonchev–Trinajstić information content (AvgIpc) is 3.46. The van der Waals surface area contributed by atoms with Crippen molar-refractivity contribution < 1.29 is 19.2 Å². The van der Waals surface area contributed by atoms with Crippen molar-refractivity contribution in [3.05, 3.63) is 39.4 Å². The summed E-state index contributed by atoms with van der Waals surface area (Å²) in [5.74, 6) is -1.12. The molecule has 134 valence electrons. The van der Waals surface area contributed by atoms with Gasteiger partial charge in [0.2, 0.25) is 0 Å². The number of ether oxygens (including phenoxy) is 1. The molecule has 1 amide bonds. The van der Waals surface area contributed by atoms with Crippen molar-refractivity contribution in [2.24, 2.45) is 0 Å². The maximum atomic E-state index is 12.5. The number of rotatable bonds is 5. The van der Waals surface area contributed by atoms with E-state index in [0.29, 0.717) is 0 Å². The van der Waals surface area contributed by atoms with E-state index in [4.69, 9.17) is 0 Å². The molecule has 0 aromatic heterocycles. The number of piperidine rings is 1. The van der Waals surface area contributed by atoms with Crippen LogP contribution in [0.25, 0.3) is 0 Å². The van der Waals surface area contributed by atoms with Gasteiger partial charge in [-0.25, -0.2) is 4.79 Å². The minimum atomic E-state index is -0.713. The van der Waals surface area contributed by atoms with Gasteiger partial charge in [0.05, 0.1) is 17.6 Å². The normalized spacial score (nSPS) is 18.6. The second kappa shape index (κ2) is 7.18. The molecule has 0 spiro atoms. The summed E-state index contributed by atoms with van der Waals surface area (Å²) in [6, 6.07) is 4.38. The molecule has 0 radical (unpaired) electrons. The smallest absolute Gasteiger partial charge is 0.338 e. The number of amides is 1. The number of carbonyl (C=O) groups is 2. The van der Waals surface area contributed by atoms with Crippen LogP contribution in [0.5, 0.6) is 0 Å². The van der Waals surface area contributed by atoms with Gasteiger partial charge < -0.3 is 15.0 Å². The van der Waals surface area contributed by atoms with Gasteiger partial charge in [-0.15, -0.1) is 0 Å². The molecule has 0 bridgehead atoms. The lowest BCUT2D eigenvalue weighted by Gasteiger charge is -2.32. The first kappa shape index (κ1) is 17.3. The Hall–Kier alpha value is -2.48. The Bertz CT molecular complexity index is 694. The number of nitro groups is 1. The lowest BCUT2D eigenvalue weighted by molar-refractivity contribution is -0.384. The Morgan fingerprint density at radius 1 is 1.16 bits per heavy atom. The molecule has 1 N–H and O–H groups in total. The van der Waals surface area contributed by atoms with E-state index in [1.165, 1.54) is 32.1 Å². The van der Waals surface area contributed by atoms with E-state index in [1.54, 1.807) is 0 Å². The van der Waals surface area contributed by atoms with Gasteiger partial charge >= 0.3 is 5.97 Å². The third-order valence-corrected chi connectivity index (χ3v) is 4.74. The molecule has 0 unspecified atom stereocenters. The molecule has 2 fully saturated rings. The second-order valence-electron chi connectivity index (χ2n) is 6.53. The van der Waals surface area contributed by atoms with E-state index in [1.807, 2.05) is 0 Å². The van der Waals surface area contributed by atoms with Gasteiger partial charge in [-0.3, -0.25) is 14.9 Å². The standard InChI is InChI=1S/C17H21N3O5/c1-25-17(22)12-8-11(9-15(10-12)20(23)24)16(21)18-13-4-6-19(7-5-13)14-2-3-14/h8-10,13-14H,2-7H2,1H3,(H,18,21). The van der Waals surface area contributed by atoms with Crippen LogP contribution in [-0.4, -0.2) is 54.0 Å². The number of carbonyl (C=O) groups excluding carboxylic acids is 2. The summed E-state index contributed by atoms with van der Waals surface area (Å²) in [7, 11) is 1.19. The summed E-state index contributed by atoms with van der Waals surface area (Å²) >= 11 is 0. The molecule has 3 rings (SSSR count). The van der Waals surface area contributed by atoms with E-state index >= 15 is 0 Å². The highest BCUT2D eigenvalue weighted by Gasteiger charge is 2.32. The Labute approximate surface area is 145 Å². The van der Waals surface area contributed by atoms with Gasteiger partial charge in [0.25, 0.3) is 11.6 Å². The van der Waals surface area contributed by atoms with Gasteiger partial charge in [0.1, 0.15) is 0 Å². The summed E-state index contributed by atoms with van der Waals surface area (Å²) in [6.07, 6.45) is 4.25. The number of nitro benzene ring substituents is 1. The lowest BCUT2D eigenvalue weighted by Crippen LogP contribution is -2.45. The van der Waals surface area contributed by atoms with E-state index in [9.17, 15) is 19.7 Å². The zero-order chi connectivity index (χ0) is 18.0. The molecule has 8 nitrogen and oxygen atoms in total. The van der Waals surface area contributed by atoms with Crippen LogP contribution in [0.4, 0.5) is 5.69 Å². The van der Waals surface area contributed by atoms with Crippen molar-refractivity contribution in [3.63, 3.8) is 0 Å².